The third-order valence-electron chi connectivity index (χ3n) is 3.10. The Morgan fingerprint density at radius 1 is 1.35 bits per heavy atom. The number of carbonyl (C=O) groups excluding carboxylic acids is 2. The van der Waals surface area contributed by atoms with Gasteiger partial charge in [-0.15, -0.1) is 0 Å². The fraction of sp³-hybridized carbons (Fsp3) is 0.333. The number of primary amides is 1. The van der Waals surface area contributed by atoms with E-state index >= 15 is 0 Å². The van der Waals surface area contributed by atoms with Gasteiger partial charge < -0.3 is 11.1 Å². The molecule has 0 saturated carbocycles. The highest BCUT2D eigenvalue weighted by molar-refractivity contribution is 7.91. The lowest BCUT2D eigenvalue weighted by Crippen LogP contribution is -2.24. The Bertz CT molecular complexity index is 672. The summed E-state index contributed by atoms with van der Waals surface area (Å²) in [5.74, 6) is -1.76. The van der Waals surface area contributed by atoms with Crippen LogP contribution in [0.1, 0.15) is 16.8 Å². The van der Waals surface area contributed by atoms with Crippen LogP contribution in [0.4, 0.5) is 5.69 Å². The zero-order chi connectivity index (χ0) is 14.9. The molecule has 1 atom stereocenters. The van der Waals surface area contributed by atoms with Gasteiger partial charge in [-0.3, -0.25) is 9.59 Å². The molecular formula is C12H13ClN2O4S. The van der Waals surface area contributed by atoms with E-state index in [1.807, 2.05) is 0 Å². The summed E-state index contributed by atoms with van der Waals surface area (Å²) >= 11 is 5.80. The molecule has 0 bridgehead atoms. The maximum Gasteiger partial charge on any atom is 0.250 e. The molecule has 1 heterocycles. The van der Waals surface area contributed by atoms with Gasteiger partial charge >= 0.3 is 0 Å². The van der Waals surface area contributed by atoms with Crippen LogP contribution in [0, 0.1) is 5.92 Å². The van der Waals surface area contributed by atoms with Crippen LogP contribution >= 0.6 is 11.6 Å². The summed E-state index contributed by atoms with van der Waals surface area (Å²) in [5, 5.41) is 2.77. The largest absolute Gasteiger partial charge is 0.366 e. The van der Waals surface area contributed by atoms with Gasteiger partial charge in [0.1, 0.15) is 0 Å². The molecule has 8 heteroatoms. The molecule has 20 heavy (non-hydrogen) atoms. The van der Waals surface area contributed by atoms with Crippen molar-refractivity contribution < 1.29 is 18.0 Å². The Morgan fingerprint density at radius 2 is 2.05 bits per heavy atom. The molecule has 6 nitrogen and oxygen atoms in total. The van der Waals surface area contributed by atoms with Crippen LogP contribution in [0.3, 0.4) is 0 Å². The van der Waals surface area contributed by atoms with Gasteiger partial charge in [-0.05, 0) is 24.6 Å². The molecule has 1 aromatic carbocycles. The van der Waals surface area contributed by atoms with Gasteiger partial charge in [0.15, 0.2) is 9.84 Å². The van der Waals surface area contributed by atoms with Crippen molar-refractivity contribution >= 4 is 38.9 Å². The Hall–Kier alpha value is -1.60. The molecule has 108 valence electrons. The third kappa shape index (κ3) is 3.29. The van der Waals surface area contributed by atoms with Gasteiger partial charge in [0.05, 0.1) is 28.0 Å². The number of anilines is 1. The molecule has 0 spiro atoms. The number of nitrogens with one attached hydrogen (secondary N) is 1. The molecule has 2 amide bonds. The van der Waals surface area contributed by atoms with E-state index in [1.54, 1.807) is 0 Å². The summed E-state index contributed by atoms with van der Waals surface area (Å²) < 4.78 is 22.7. The van der Waals surface area contributed by atoms with Crippen LogP contribution in [0.15, 0.2) is 18.2 Å². The van der Waals surface area contributed by atoms with Gasteiger partial charge in [0.25, 0.3) is 0 Å². The molecule has 0 aromatic heterocycles. The quantitative estimate of drug-likeness (QED) is 0.860. The van der Waals surface area contributed by atoms with E-state index in [9.17, 15) is 18.0 Å². The molecule has 1 saturated heterocycles. The van der Waals surface area contributed by atoms with Crippen molar-refractivity contribution in [1.82, 2.24) is 0 Å². The normalized spacial score (nSPS) is 20.6. The predicted molar refractivity (Wildman–Crippen MR) is 75.4 cm³/mol. The van der Waals surface area contributed by atoms with Gasteiger partial charge in [0, 0.05) is 5.69 Å². The first kappa shape index (κ1) is 14.8. The van der Waals surface area contributed by atoms with E-state index in [0.717, 1.165) is 0 Å². The van der Waals surface area contributed by atoms with Gasteiger partial charge in [-0.1, -0.05) is 11.6 Å². The SMILES string of the molecule is NC(=O)c1cc(NC(=O)C2CCS(=O)(=O)C2)ccc1Cl. The summed E-state index contributed by atoms with van der Waals surface area (Å²) in [5.41, 5.74) is 5.62. The maximum absolute atomic E-state index is 11.9. The molecule has 0 radical (unpaired) electrons. The van der Waals surface area contributed by atoms with Crippen LogP contribution < -0.4 is 11.1 Å². The maximum atomic E-state index is 11.9. The van der Waals surface area contributed by atoms with Gasteiger partial charge in [0.2, 0.25) is 11.8 Å². The highest BCUT2D eigenvalue weighted by Crippen LogP contribution is 2.23. The lowest BCUT2D eigenvalue weighted by Gasteiger charge is -2.10. The number of rotatable bonds is 3. The third-order valence-corrected chi connectivity index (χ3v) is 5.20. The zero-order valence-corrected chi connectivity index (χ0v) is 12.0. The molecule has 1 fully saturated rings. The van der Waals surface area contributed by atoms with Crippen LogP contribution in [0.25, 0.3) is 0 Å². The molecule has 1 aliphatic heterocycles. The number of hydrogen-bond acceptors (Lipinski definition) is 4. The Balaban J connectivity index is 2.13. The van der Waals surface area contributed by atoms with Crippen molar-refractivity contribution in [2.75, 3.05) is 16.8 Å². The van der Waals surface area contributed by atoms with E-state index in [4.69, 9.17) is 17.3 Å². The van der Waals surface area contributed by atoms with Crippen molar-refractivity contribution in [1.29, 1.82) is 0 Å². The van der Waals surface area contributed by atoms with Crippen LogP contribution in [0.2, 0.25) is 5.02 Å². The molecule has 0 aliphatic carbocycles. The summed E-state index contributed by atoms with van der Waals surface area (Å²) in [6.07, 6.45) is 0.310. The number of hydrogen-bond donors (Lipinski definition) is 2. The highest BCUT2D eigenvalue weighted by atomic mass is 35.5. The van der Waals surface area contributed by atoms with Gasteiger partial charge in [-0.25, -0.2) is 8.42 Å². The number of amides is 2. The lowest BCUT2D eigenvalue weighted by molar-refractivity contribution is -0.119. The standard InChI is InChI=1S/C12H13ClN2O4S/c13-10-2-1-8(5-9(10)11(14)16)15-12(17)7-3-4-20(18,19)6-7/h1-2,5,7H,3-4,6H2,(H2,14,16)(H,15,17). The highest BCUT2D eigenvalue weighted by Gasteiger charge is 2.32. The second-order valence-corrected chi connectivity index (χ2v) is 7.28. The number of nitrogens with two attached hydrogens (primary N) is 1. The molecule has 3 N–H and O–H groups in total. The van der Waals surface area contributed by atoms with E-state index in [0.29, 0.717) is 12.1 Å². The molecular weight excluding hydrogens is 304 g/mol. The number of halogens is 1. The second-order valence-electron chi connectivity index (χ2n) is 4.65. The van der Waals surface area contributed by atoms with Crippen molar-refractivity contribution in [2.24, 2.45) is 11.7 Å². The van der Waals surface area contributed by atoms with E-state index in [2.05, 4.69) is 5.32 Å². The average Bonchev–Trinajstić information content (AvgIpc) is 2.72. The summed E-state index contributed by atoms with van der Waals surface area (Å²) in [6, 6.07) is 4.34. The molecule has 1 aliphatic rings. The van der Waals surface area contributed by atoms with Gasteiger partial charge in [-0.2, -0.15) is 0 Å². The van der Waals surface area contributed by atoms with Crippen LogP contribution in [0.5, 0.6) is 0 Å². The minimum absolute atomic E-state index is 0.0260. The van der Waals surface area contributed by atoms with Crippen molar-refractivity contribution in [3.63, 3.8) is 0 Å². The first-order valence-corrected chi connectivity index (χ1v) is 8.09. The fourth-order valence-electron chi connectivity index (χ4n) is 2.04. The Kier molecular flexibility index (Phi) is 4.01. The first-order chi connectivity index (χ1) is 9.28. The van der Waals surface area contributed by atoms with Crippen LogP contribution in [-0.2, 0) is 14.6 Å². The minimum Gasteiger partial charge on any atom is -0.366 e. The number of sulfone groups is 1. The monoisotopic (exact) mass is 316 g/mol. The van der Waals surface area contributed by atoms with E-state index in [-0.39, 0.29) is 28.0 Å². The molecule has 2 rings (SSSR count). The van der Waals surface area contributed by atoms with Crippen molar-refractivity contribution in [2.45, 2.75) is 6.42 Å². The average molecular weight is 317 g/mol. The van der Waals surface area contributed by atoms with E-state index < -0.39 is 21.7 Å². The first-order valence-electron chi connectivity index (χ1n) is 5.89. The lowest BCUT2D eigenvalue weighted by atomic mass is 10.1. The smallest absolute Gasteiger partial charge is 0.250 e. The molecule has 1 aromatic rings. The predicted octanol–water partition coefficient (Wildman–Crippen LogP) is 0.812. The summed E-state index contributed by atoms with van der Waals surface area (Å²) in [4.78, 5) is 23.1. The van der Waals surface area contributed by atoms with Crippen LogP contribution in [-0.4, -0.2) is 31.7 Å². The topological polar surface area (TPSA) is 106 Å². The molecule has 1 unspecified atom stereocenters. The van der Waals surface area contributed by atoms with E-state index in [1.165, 1.54) is 18.2 Å². The Labute approximate surface area is 121 Å². The number of benzene rings is 1. The fourth-order valence-corrected chi connectivity index (χ4v) is 3.99. The van der Waals surface area contributed by atoms with Crippen molar-refractivity contribution in [3.05, 3.63) is 28.8 Å². The minimum atomic E-state index is -3.12. The Morgan fingerprint density at radius 3 is 2.60 bits per heavy atom. The zero-order valence-electron chi connectivity index (χ0n) is 10.4. The summed E-state index contributed by atoms with van der Waals surface area (Å²) in [7, 11) is -3.12. The summed E-state index contributed by atoms with van der Waals surface area (Å²) in [6.45, 7) is 0. The number of carbonyl (C=O) groups is 2. The second kappa shape index (κ2) is 5.41. The van der Waals surface area contributed by atoms with Crippen molar-refractivity contribution in [3.8, 4) is 0 Å².